The lowest BCUT2D eigenvalue weighted by Gasteiger charge is -2.37. The van der Waals surface area contributed by atoms with Crippen LogP contribution in [-0.2, 0) is 4.43 Å². The summed E-state index contributed by atoms with van der Waals surface area (Å²) in [5.74, 6) is 0.600. The van der Waals surface area contributed by atoms with Gasteiger partial charge in [-0.25, -0.2) is 0 Å². The molecule has 0 saturated carbocycles. The van der Waals surface area contributed by atoms with Crippen LogP contribution in [0, 0.1) is 5.92 Å². The quantitative estimate of drug-likeness (QED) is 0.614. The second-order valence-electron chi connectivity index (χ2n) is 6.37. The summed E-state index contributed by atoms with van der Waals surface area (Å²) in [6.45, 7) is 13.9. The molecule has 1 aliphatic carbocycles. The SMILES string of the molecule is CC1=C(C)C(C)C(C2CCC[Si](C)(C)O2)=C1C. The fourth-order valence-electron chi connectivity index (χ4n) is 3.35. The number of rotatable bonds is 1. The zero-order valence-electron chi connectivity index (χ0n) is 12.2. The molecule has 2 unspecified atom stereocenters. The predicted molar refractivity (Wildman–Crippen MR) is 76.6 cm³/mol. The van der Waals surface area contributed by atoms with E-state index in [1.807, 2.05) is 0 Å². The van der Waals surface area contributed by atoms with Gasteiger partial charge in [-0.3, -0.25) is 0 Å². The number of hydrogen-bond acceptors (Lipinski definition) is 1. The van der Waals surface area contributed by atoms with Crippen LogP contribution in [0.15, 0.2) is 22.3 Å². The van der Waals surface area contributed by atoms with E-state index in [-0.39, 0.29) is 0 Å². The van der Waals surface area contributed by atoms with Crippen molar-refractivity contribution >= 4 is 8.32 Å². The molecule has 1 fully saturated rings. The summed E-state index contributed by atoms with van der Waals surface area (Å²) in [5, 5.41) is 0. The third kappa shape index (κ3) is 2.30. The molecule has 0 aromatic rings. The van der Waals surface area contributed by atoms with Gasteiger partial charge in [0.15, 0.2) is 8.32 Å². The molecule has 2 rings (SSSR count). The van der Waals surface area contributed by atoms with Gasteiger partial charge in [0.2, 0.25) is 0 Å². The van der Waals surface area contributed by atoms with Crippen molar-refractivity contribution < 1.29 is 4.43 Å². The predicted octanol–water partition coefficient (Wildman–Crippen LogP) is 4.67. The van der Waals surface area contributed by atoms with Crippen LogP contribution in [0.1, 0.15) is 40.5 Å². The molecule has 0 amide bonds. The molecule has 0 spiro atoms. The van der Waals surface area contributed by atoms with Crippen molar-refractivity contribution in [2.75, 3.05) is 0 Å². The highest BCUT2D eigenvalue weighted by Crippen LogP contribution is 2.42. The summed E-state index contributed by atoms with van der Waals surface area (Å²) in [5.41, 5.74) is 6.14. The van der Waals surface area contributed by atoms with Gasteiger partial charge in [0.1, 0.15) is 0 Å². The normalized spacial score (nSPS) is 33.5. The van der Waals surface area contributed by atoms with Crippen LogP contribution in [0.25, 0.3) is 0 Å². The van der Waals surface area contributed by atoms with Crippen LogP contribution in [0.5, 0.6) is 0 Å². The fraction of sp³-hybridized carbons (Fsp3) is 0.733. The monoisotopic (exact) mass is 250 g/mol. The minimum Gasteiger partial charge on any atom is -0.411 e. The molecular formula is C15H26OSi. The summed E-state index contributed by atoms with van der Waals surface area (Å²) in [4.78, 5) is 0. The molecule has 1 saturated heterocycles. The third-order valence-corrected chi connectivity index (χ3v) is 7.24. The van der Waals surface area contributed by atoms with Gasteiger partial charge < -0.3 is 4.43 Å². The first-order chi connectivity index (χ1) is 7.83. The van der Waals surface area contributed by atoms with E-state index in [2.05, 4.69) is 40.8 Å². The summed E-state index contributed by atoms with van der Waals surface area (Å²) < 4.78 is 6.45. The maximum atomic E-state index is 6.45. The largest absolute Gasteiger partial charge is 0.411 e. The van der Waals surface area contributed by atoms with Crippen LogP contribution in [0.4, 0.5) is 0 Å². The second kappa shape index (κ2) is 4.40. The van der Waals surface area contributed by atoms with Gasteiger partial charge in [-0.1, -0.05) is 18.9 Å². The van der Waals surface area contributed by atoms with E-state index in [4.69, 9.17) is 4.43 Å². The lowest BCUT2D eigenvalue weighted by molar-refractivity contribution is 0.185. The van der Waals surface area contributed by atoms with Crippen LogP contribution in [0.2, 0.25) is 19.1 Å². The molecule has 2 aliphatic rings. The Balaban J connectivity index is 2.25. The summed E-state index contributed by atoms with van der Waals surface area (Å²) in [6.07, 6.45) is 2.99. The van der Waals surface area contributed by atoms with Gasteiger partial charge >= 0.3 is 0 Å². The van der Waals surface area contributed by atoms with Gasteiger partial charge in [0, 0.05) is 5.92 Å². The Hall–Kier alpha value is -0.343. The van der Waals surface area contributed by atoms with Crippen LogP contribution < -0.4 is 0 Å². The van der Waals surface area contributed by atoms with Crippen molar-refractivity contribution in [3.63, 3.8) is 0 Å². The smallest absolute Gasteiger partial charge is 0.187 e. The van der Waals surface area contributed by atoms with Crippen molar-refractivity contribution in [3.8, 4) is 0 Å². The molecule has 1 nitrogen and oxygen atoms in total. The van der Waals surface area contributed by atoms with E-state index in [1.165, 1.54) is 30.0 Å². The van der Waals surface area contributed by atoms with E-state index < -0.39 is 8.32 Å². The van der Waals surface area contributed by atoms with Gasteiger partial charge in [-0.2, -0.15) is 0 Å². The molecular weight excluding hydrogens is 224 g/mol. The standard InChI is InChI=1S/C15H26OSi/c1-10-11(2)13(4)15(12(10)3)14-8-7-9-17(5,6)16-14/h12,14H,7-9H2,1-6H3. The first-order valence-electron chi connectivity index (χ1n) is 6.90. The molecule has 0 aromatic carbocycles. The second-order valence-corrected chi connectivity index (χ2v) is 10.6. The van der Waals surface area contributed by atoms with Gasteiger partial charge in [0.25, 0.3) is 0 Å². The van der Waals surface area contributed by atoms with Crippen molar-refractivity contribution in [1.82, 2.24) is 0 Å². The van der Waals surface area contributed by atoms with Gasteiger partial charge in [0.05, 0.1) is 6.10 Å². The average Bonchev–Trinajstić information content (AvgIpc) is 2.42. The maximum absolute atomic E-state index is 6.45. The highest BCUT2D eigenvalue weighted by molar-refractivity contribution is 6.71. The number of hydrogen-bond donors (Lipinski definition) is 0. The summed E-state index contributed by atoms with van der Waals surface area (Å²) in [7, 11) is -1.38. The molecule has 0 bridgehead atoms. The summed E-state index contributed by atoms with van der Waals surface area (Å²) in [6, 6.07) is 1.33. The van der Waals surface area contributed by atoms with E-state index >= 15 is 0 Å². The molecule has 1 heterocycles. The number of allylic oxidation sites excluding steroid dienone is 3. The lowest BCUT2D eigenvalue weighted by Crippen LogP contribution is -2.41. The Morgan fingerprint density at radius 1 is 1.12 bits per heavy atom. The highest BCUT2D eigenvalue weighted by atomic mass is 28.4. The molecule has 0 radical (unpaired) electrons. The maximum Gasteiger partial charge on any atom is 0.187 e. The van der Waals surface area contributed by atoms with Crippen LogP contribution in [-0.4, -0.2) is 14.4 Å². The molecule has 96 valence electrons. The topological polar surface area (TPSA) is 9.23 Å². The minimum atomic E-state index is -1.38. The molecule has 0 aromatic heterocycles. The van der Waals surface area contributed by atoms with E-state index in [1.54, 1.807) is 11.1 Å². The molecule has 2 atom stereocenters. The Labute approximate surface area is 107 Å². The van der Waals surface area contributed by atoms with Gasteiger partial charge in [-0.05, 0) is 63.0 Å². The Bertz CT molecular complexity index is 390. The molecule has 1 aliphatic heterocycles. The van der Waals surface area contributed by atoms with Gasteiger partial charge in [-0.15, -0.1) is 0 Å². The third-order valence-electron chi connectivity index (χ3n) is 4.76. The molecule has 17 heavy (non-hydrogen) atoms. The first-order valence-corrected chi connectivity index (χ1v) is 10.0. The van der Waals surface area contributed by atoms with E-state index in [0.29, 0.717) is 12.0 Å². The highest BCUT2D eigenvalue weighted by Gasteiger charge is 2.37. The van der Waals surface area contributed by atoms with Crippen LogP contribution in [0.3, 0.4) is 0 Å². The van der Waals surface area contributed by atoms with Crippen molar-refractivity contribution in [1.29, 1.82) is 0 Å². The minimum absolute atomic E-state index is 0.410. The Morgan fingerprint density at radius 3 is 2.24 bits per heavy atom. The first kappa shape index (κ1) is 13.1. The molecule has 0 N–H and O–H groups in total. The van der Waals surface area contributed by atoms with Crippen molar-refractivity contribution in [2.45, 2.75) is 65.8 Å². The van der Waals surface area contributed by atoms with Crippen LogP contribution >= 0.6 is 0 Å². The van der Waals surface area contributed by atoms with Crippen molar-refractivity contribution in [3.05, 3.63) is 22.3 Å². The Kier molecular flexibility index (Phi) is 3.39. The summed E-state index contributed by atoms with van der Waals surface area (Å²) >= 11 is 0. The van der Waals surface area contributed by atoms with E-state index in [9.17, 15) is 0 Å². The molecule has 2 heteroatoms. The van der Waals surface area contributed by atoms with Crippen molar-refractivity contribution in [2.24, 2.45) is 5.92 Å². The fourth-order valence-corrected chi connectivity index (χ4v) is 5.54. The zero-order valence-corrected chi connectivity index (χ0v) is 13.2. The average molecular weight is 250 g/mol. The van der Waals surface area contributed by atoms with E-state index in [0.717, 1.165) is 0 Å². The Morgan fingerprint density at radius 2 is 1.76 bits per heavy atom. The zero-order chi connectivity index (χ0) is 12.8. The lowest BCUT2D eigenvalue weighted by atomic mass is 9.91.